The van der Waals surface area contributed by atoms with E-state index in [9.17, 15) is 4.79 Å². The number of rotatable bonds is 40. The van der Waals surface area contributed by atoms with Crippen molar-refractivity contribution in [3.8, 4) is 0 Å². The molecule has 9 heteroatoms. The number of carbonyl (C=O) groups excluding carboxylic acids is 1. The van der Waals surface area contributed by atoms with Crippen LogP contribution in [0, 0.1) is 5.92 Å². The summed E-state index contributed by atoms with van der Waals surface area (Å²) in [6, 6.07) is 0. The highest BCUT2D eigenvalue weighted by Crippen LogP contribution is 2.14. The third-order valence-electron chi connectivity index (χ3n) is 7.81. The molecule has 0 rings (SSSR count). The van der Waals surface area contributed by atoms with Crippen molar-refractivity contribution in [2.75, 3.05) is 99.1 Å². The Balaban J connectivity index is 3.14. The fourth-order valence-electron chi connectivity index (χ4n) is 4.65. The molecule has 0 aliphatic rings. The average molecular weight is 663 g/mol. The fourth-order valence-corrected chi connectivity index (χ4v) is 4.65. The minimum atomic E-state index is -0.123. The molecule has 1 unspecified atom stereocenters. The van der Waals surface area contributed by atoms with E-state index in [2.05, 4.69) is 20.8 Å². The Bertz CT molecular complexity index is 579. The van der Waals surface area contributed by atoms with Crippen LogP contribution in [0.4, 0.5) is 0 Å². The van der Waals surface area contributed by atoms with Crippen LogP contribution >= 0.6 is 0 Å². The van der Waals surface area contributed by atoms with E-state index in [1.807, 2.05) is 0 Å². The van der Waals surface area contributed by atoms with Crippen LogP contribution < -0.4 is 0 Å². The first-order valence-electron chi connectivity index (χ1n) is 18.9. The SMILES string of the molecule is CCCCCCCCCCCCCCCCCC(=O)OCCOCCOCCOCCOCCOCCOCCOCC(C)CC. The summed E-state index contributed by atoms with van der Waals surface area (Å²) in [5.74, 6) is 0.476. The molecule has 0 aliphatic carbocycles. The summed E-state index contributed by atoms with van der Waals surface area (Å²) in [5, 5.41) is 0. The zero-order valence-electron chi connectivity index (χ0n) is 30.4. The topological polar surface area (TPSA) is 90.9 Å². The number of ether oxygens (including phenoxy) is 8. The quantitative estimate of drug-likeness (QED) is 0.0479. The number of hydrogen-bond donors (Lipinski definition) is 0. The molecule has 0 aliphatic heterocycles. The van der Waals surface area contributed by atoms with Crippen molar-refractivity contribution in [1.82, 2.24) is 0 Å². The predicted octanol–water partition coefficient (Wildman–Crippen LogP) is 7.95. The minimum Gasteiger partial charge on any atom is -0.463 e. The van der Waals surface area contributed by atoms with E-state index >= 15 is 0 Å². The van der Waals surface area contributed by atoms with Crippen molar-refractivity contribution < 1.29 is 42.7 Å². The van der Waals surface area contributed by atoms with Gasteiger partial charge in [0.1, 0.15) is 6.61 Å². The Hall–Kier alpha value is -0.810. The Morgan fingerprint density at radius 3 is 1.07 bits per heavy atom. The summed E-state index contributed by atoms with van der Waals surface area (Å²) in [6.07, 6.45) is 21.4. The van der Waals surface area contributed by atoms with Crippen LogP contribution in [0.15, 0.2) is 0 Å². The van der Waals surface area contributed by atoms with E-state index in [-0.39, 0.29) is 5.97 Å². The highest BCUT2D eigenvalue weighted by atomic mass is 16.6. The van der Waals surface area contributed by atoms with Gasteiger partial charge in [0.05, 0.1) is 85.9 Å². The molecule has 0 spiro atoms. The van der Waals surface area contributed by atoms with Gasteiger partial charge in [-0.2, -0.15) is 0 Å². The molecule has 1 atom stereocenters. The normalized spacial score (nSPS) is 12.2. The van der Waals surface area contributed by atoms with Gasteiger partial charge in [0.2, 0.25) is 0 Å². The van der Waals surface area contributed by atoms with E-state index in [0.29, 0.717) is 105 Å². The third kappa shape index (κ3) is 39.4. The first-order valence-corrected chi connectivity index (χ1v) is 18.9. The van der Waals surface area contributed by atoms with Crippen LogP contribution in [-0.2, 0) is 42.7 Å². The largest absolute Gasteiger partial charge is 0.463 e. The van der Waals surface area contributed by atoms with E-state index in [1.54, 1.807) is 0 Å². The Kier molecular flexibility index (Phi) is 39.7. The first kappa shape index (κ1) is 45.2. The highest BCUT2D eigenvalue weighted by Gasteiger charge is 2.03. The molecule has 0 saturated heterocycles. The maximum absolute atomic E-state index is 11.9. The van der Waals surface area contributed by atoms with Crippen LogP contribution in [0.3, 0.4) is 0 Å². The zero-order chi connectivity index (χ0) is 33.4. The molecule has 276 valence electrons. The maximum atomic E-state index is 11.9. The van der Waals surface area contributed by atoms with E-state index in [4.69, 9.17) is 37.9 Å². The van der Waals surface area contributed by atoms with E-state index < -0.39 is 0 Å². The van der Waals surface area contributed by atoms with E-state index in [0.717, 1.165) is 25.9 Å². The van der Waals surface area contributed by atoms with Gasteiger partial charge in [0, 0.05) is 13.0 Å². The molecule has 0 aromatic heterocycles. The molecule has 0 aromatic carbocycles. The van der Waals surface area contributed by atoms with Crippen molar-refractivity contribution in [1.29, 1.82) is 0 Å². The van der Waals surface area contributed by atoms with Gasteiger partial charge >= 0.3 is 5.97 Å². The van der Waals surface area contributed by atoms with Gasteiger partial charge < -0.3 is 37.9 Å². The van der Waals surface area contributed by atoms with Gasteiger partial charge in [-0.3, -0.25) is 4.79 Å². The first-order chi connectivity index (χ1) is 22.7. The van der Waals surface area contributed by atoms with Crippen LogP contribution in [0.5, 0.6) is 0 Å². The molecular weight excluding hydrogens is 588 g/mol. The van der Waals surface area contributed by atoms with Crippen LogP contribution in [0.25, 0.3) is 0 Å². The Morgan fingerprint density at radius 1 is 0.413 bits per heavy atom. The molecule has 0 amide bonds. The highest BCUT2D eigenvalue weighted by molar-refractivity contribution is 5.69. The third-order valence-corrected chi connectivity index (χ3v) is 7.81. The molecule has 46 heavy (non-hydrogen) atoms. The Morgan fingerprint density at radius 2 is 0.717 bits per heavy atom. The smallest absolute Gasteiger partial charge is 0.305 e. The van der Waals surface area contributed by atoms with Crippen molar-refractivity contribution >= 4 is 5.97 Å². The summed E-state index contributed by atoms with van der Waals surface area (Å²) in [4.78, 5) is 11.9. The van der Waals surface area contributed by atoms with Crippen molar-refractivity contribution in [3.63, 3.8) is 0 Å². The fraction of sp³-hybridized carbons (Fsp3) is 0.973. The van der Waals surface area contributed by atoms with Crippen molar-refractivity contribution in [2.24, 2.45) is 5.92 Å². The van der Waals surface area contributed by atoms with Crippen LogP contribution in [-0.4, -0.2) is 105 Å². The second kappa shape index (κ2) is 40.4. The lowest BCUT2D eigenvalue weighted by atomic mass is 10.0. The molecule has 0 heterocycles. The minimum absolute atomic E-state index is 0.123. The van der Waals surface area contributed by atoms with Crippen LogP contribution in [0.2, 0.25) is 0 Å². The van der Waals surface area contributed by atoms with Crippen LogP contribution in [0.1, 0.15) is 130 Å². The number of carbonyl (C=O) groups is 1. The molecule has 0 fully saturated rings. The zero-order valence-corrected chi connectivity index (χ0v) is 30.4. The number of hydrogen-bond acceptors (Lipinski definition) is 9. The van der Waals surface area contributed by atoms with Gasteiger partial charge in [0.25, 0.3) is 0 Å². The molecule has 0 radical (unpaired) electrons. The van der Waals surface area contributed by atoms with Crippen molar-refractivity contribution in [3.05, 3.63) is 0 Å². The summed E-state index contributed by atoms with van der Waals surface area (Å²) in [7, 11) is 0. The van der Waals surface area contributed by atoms with Gasteiger partial charge in [-0.05, 0) is 12.3 Å². The standard InChI is InChI=1S/C37H74O9/c1-4-6-7-8-9-10-11-12-13-14-15-16-17-18-19-20-37(38)46-34-33-44-30-29-42-26-25-40-22-21-39-23-24-41-27-28-43-31-32-45-35-36(3)5-2/h36H,4-35H2,1-3H3. The Labute approximate surface area is 283 Å². The lowest BCUT2D eigenvalue weighted by Gasteiger charge is -2.10. The lowest BCUT2D eigenvalue weighted by molar-refractivity contribution is -0.145. The lowest BCUT2D eigenvalue weighted by Crippen LogP contribution is -2.15. The van der Waals surface area contributed by atoms with Gasteiger partial charge in [-0.1, -0.05) is 117 Å². The molecule has 0 N–H and O–H groups in total. The van der Waals surface area contributed by atoms with Gasteiger partial charge in [-0.25, -0.2) is 0 Å². The average Bonchev–Trinajstić information content (AvgIpc) is 3.06. The second-order valence-corrected chi connectivity index (χ2v) is 12.2. The molecule has 0 aromatic rings. The van der Waals surface area contributed by atoms with Gasteiger partial charge in [0.15, 0.2) is 0 Å². The molecule has 9 nitrogen and oxygen atoms in total. The van der Waals surface area contributed by atoms with E-state index in [1.165, 1.54) is 83.5 Å². The second-order valence-electron chi connectivity index (χ2n) is 12.2. The summed E-state index contributed by atoms with van der Waals surface area (Å²) >= 11 is 0. The molecule has 0 saturated carbocycles. The van der Waals surface area contributed by atoms with Gasteiger partial charge in [-0.15, -0.1) is 0 Å². The monoisotopic (exact) mass is 663 g/mol. The number of esters is 1. The summed E-state index contributed by atoms with van der Waals surface area (Å²) in [6.45, 7) is 14.5. The predicted molar refractivity (Wildman–Crippen MR) is 186 cm³/mol. The molecular formula is C37H74O9. The summed E-state index contributed by atoms with van der Waals surface area (Å²) < 4.78 is 43.7. The number of unbranched alkanes of at least 4 members (excludes halogenated alkanes) is 14. The van der Waals surface area contributed by atoms with Crippen molar-refractivity contribution in [2.45, 2.75) is 130 Å². The summed E-state index contributed by atoms with van der Waals surface area (Å²) in [5.41, 5.74) is 0. The maximum Gasteiger partial charge on any atom is 0.305 e. The molecule has 0 bridgehead atoms.